The van der Waals surface area contributed by atoms with Crippen molar-refractivity contribution in [3.8, 4) is 0 Å². The summed E-state index contributed by atoms with van der Waals surface area (Å²) >= 11 is 1.64. The van der Waals surface area contributed by atoms with Crippen molar-refractivity contribution in [3.63, 3.8) is 0 Å². The fraction of sp³-hybridized carbons (Fsp3) is 0.182. The van der Waals surface area contributed by atoms with Crippen LogP contribution in [-0.2, 0) is 0 Å². The molecule has 1 aliphatic heterocycles. The van der Waals surface area contributed by atoms with Gasteiger partial charge in [0.2, 0.25) is 0 Å². The first-order valence-corrected chi connectivity index (χ1v) is 5.85. The van der Waals surface area contributed by atoms with Gasteiger partial charge in [0, 0.05) is 11.9 Å². The molecule has 2 heterocycles. The van der Waals surface area contributed by atoms with Gasteiger partial charge in [-0.2, -0.15) is 0 Å². The van der Waals surface area contributed by atoms with Crippen molar-refractivity contribution >= 4 is 22.7 Å². The summed E-state index contributed by atoms with van der Waals surface area (Å²) < 4.78 is 0. The molecule has 15 heavy (non-hydrogen) atoms. The molecule has 0 saturated heterocycles. The number of para-hydroxylation sites is 2. The zero-order valence-corrected chi connectivity index (χ0v) is 8.92. The van der Waals surface area contributed by atoms with E-state index in [1.165, 1.54) is 5.69 Å². The van der Waals surface area contributed by atoms with Gasteiger partial charge in [-0.15, -0.1) is 11.3 Å². The molecular formula is C11H11N3S. The quantitative estimate of drug-likeness (QED) is 0.771. The molecule has 1 aromatic heterocycles. The van der Waals surface area contributed by atoms with Crippen molar-refractivity contribution in [2.24, 2.45) is 0 Å². The Kier molecular flexibility index (Phi) is 2.07. The lowest BCUT2D eigenvalue weighted by molar-refractivity contribution is 0.780. The third-order valence-corrected chi connectivity index (χ3v) is 3.17. The first kappa shape index (κ1) is 8.73. The predicted molar refractivity (Wildman–Crippen MR) is 63.4 cm³/mol. The molecular weight excluding hydrogens is 206 g/mol. The number of benzene rings is 1. The summed E-state index contributed by atoms with van der Waals surface area (Å²) in [4.78, 5) is 4.33. The van der Waals surface area contributed by atoms with Crippen LogP contribution in [0.2, 0.25) is 0 Å². The Morgan fingerprint density at radius 2 is 2.13 bits per heavy atom. The second-order valence-electron chi connectivity index (χ2n) is 3.54. The van der Waals surface area contributed by atoms with Crippen molar-refractivity contribution < 1.29 is 0 Å². The van der Waals surface area contributed by atoms with Gasteiger partial charge in [0.25, 0.3) is 0 Å². The van der Waals surface area contributed by atoms with E-state index in [-0.39, 0.29) is 6.04 Å². The van der Waals surface area contributed by atoms with Gasteiger partial charge in [0.05, 0.1) is 28.6 Å². The van der Waals surface area contributed by atoms with Crippen LogP contribution in [0, 0.1) is 0 Å². The Labute approximate surface area is 92.2 Å². The molecule has 4 heteroatoms. The van der Waals surface area contributed by atoms with E-state index in [0.29, 0.717) is 0 Å². The fourth-order valence-electron chi connectivity index (χ4n) is 1.79. The van der Waals surface area contributed by atoms with Crippen LogP contribution >= 0.6 is 11.3 Å². The maximum Gasteiger partial charge on any atom is 0.0867 e. The average molecular weight is 217 g/mol. The van der Waals surface area contributed by atoms with E-state index >= 15 is 0 Å². The van der Waals surface area contributed by atoms with Crippen LogP contribution in [-0.4, -0.2) is 11.5 Å². The predicted octanol–water partition coefficient (Wildman–Crippen LogP) is 2.72. The maximum atomic E-state index is 4.33. The summed E-state index contributed by atoms with van der Waals surface area (Å²) in [5.74, 6) is 0. The number of nitrogens with zero attached hydrogens (tertiary/aromatic N) is 1. The Hall–Kier alpha value is -1.55. The fourth-order valence-corrected chi connectivity index (χ4v) is 2.39. The minimum atomic E-state index is 0.283. The standard InChI is InChI=1S/C11H11N3S/c1-2-4-9-8(3-1)12-5-10(14-9)11-6-15-7-13-11/h1-4,6-7,10,12,14H,5H2. The van der Waals surface area contributed by atoms with Crippen LogP contribution in [0.15, 0.2) is 35.2 Å². The van der Waals surface area contributed by atoms with Gasteiger partial charge in [-0.05, 0) is 12.1 Å². The van der Waals surface area contributed by atoms with E-state index in [1.54, 1.807) is 11.3 Å². The number of anilines is 2. The first-order valence-electron chi connectivity index (χ1n) is 4.91. The molecule has 1 aromatic carbocycles. The van der Waals surface area contributed by atoms with Crippen LogP contribution < -0.4 is 10.6 Å². The summed E-state index contributed by atoms with van der Waals surface area (Å²) in [7, 11) is 0. The first-order chi connectivity index (χ1) is 7.43. The van der Waals surface area contributed by atoms with Gasteiger partial charge in [-0.1, -0.05) is 12.1 Å². The van der Waals surface area contributed by atoms with Crippen LogP contribution in [0.3, 0.4) is 0 Å². The van der Waals surface area contributed by atoms with Gasteiger partial charge in [-0.3, -0.25) is 0 Å². The van der Waals surface area contributed by atoms with Crippen molar-refractivity contribution in [3.05, 3.63) is 40.8 Å². The molecule has 3 nitrogen and oxygen atoms in total. The van der Waals surface area contributed by atoms with Gasteiger partial charge >= 0.3 is 0 Å². The smallest absolute Gasteiger partial charge is 0.0867 e. The summed E-state index contributed by atoms with van der Waals surface area (Å²) in [6.45, 7) is 0.890. The van der Waals surface area contributed by atoms with Crippen molar-refractivity contribution in [1.82, 2.24) is 4.98 Å². The lowest BCUT2D eigenvalue weighted by Crippen LogP contribution is -2.25. The summed E-state index contributed by atoms with van der Waals surface area (Å²) in [5.41, 5.74) is 5.31. The molecule has 0 spiro atoms. The highest BCUT2D eigenvalue weighted by Crippen LogP contribution is 2.30. The van der Waals surface area contributed by atoms with Crippen molar-refractivity contribution in [2.75, 3.05) is 17.2 Å². The van der Waals surface area contributed by atoms with Crippen molar-refractivity contribution in [2.45, 2.75) is 6.04 Å². The Bertz CT molecular complexity index is 453. The largest absolute Gasteiger partial charge is 0.381 e. The van der Waals surface area contributed by atoms with E-state index in [0.717, 1.165) is 17.9 Å². The summed E-state index contributed by atoms with van der Waals surface area (Å²) in [5, 5.41) is 8.97. The molecule has 2 N–H and O–H groups in total. The third kappa shape index (κ3) is 1.57. The van der Waals surface area contributed by atoms with Gasteiger partial charge in [-0.25, -0.2) is 4.98 Å². The van der Waals surface area contributed by atoms with E-state index in [4.69, 9.17) is 0 Å². The zero-order chi connectivity index (χ0) is 10.1. The number of aromatic nitrogens is 1. The monoisotopic (exact) mass is 217 g/mol. The molecule has 0 saturated carbocycles. The van der Waals surface area contributed by atoms with Gasteiger partial charge in [0.1, 0.15) is 0 Å². The normalized spacial score (nSPS) is 18.8. The number of thiazole rings is 1. The SMILES string of the molecule is c1ccc2c(c1)NCC(c1cscn1)N2. The lowest BCUT2D eigenvalue weighted by Gasteiger charge is -2.27. The second-order valence-corrected chi connectivity index (χ2v) is 4.26. The number of hydrogen-bond donors (Lipinski definition) is 2. The molecule has 0 radical (unpaired) electrons. The molecule has 0 fully saturated rings. The minimum Gasteiger partial charge on any atom is -0.381 e. The topological polar surface area (TPSA) is 37.0 Å². The molecule has 2 aromatic rings. The van der Waals surface area contributed by atoms with E-state index in [9.17, 15) is 0 Å². The number of nitrogens with one attached hydrogen (secondary N) is 2. The Morgan fingerprint density at radius 3 is 2.93 bits per heavy atom. The molecule has 1 aliphatic rings. The van der Waals surface area contributed by atoms with Crippen LogP contribution in [0.5, 0.6) is 0 Å². The van der Waals surface area contributed by atoms with E-state index < -0.39 is 0 Å². The maximum absolute atomic E-state index is 4.33. The number of fused-ring (bicyclic) bond motifs is 1. The molecule has 0 aliphatic carbocycles. The van der Waals surface area contributed by atoms with Gasteiger partial charge < -0.3 is 10.6 Å². The van der Waals surface area contributed by atoms with E-state index in [2.05, 4.69) is 33.1 Å². The molecule has 3 rings (SSSR count). The second kappa shape index (κ2) is 3.55. The number of rotatable bonds is 1. The highest BCUT2D eigenvalue weighted by Gasteiger charge is 2.19. The Morgan fingerprint density at radius 1 is 1.27 bits per heavy atom. The van der Waals surface area contributed by atoms with Crippen molar-refractivity contribution in [1.29, 1.82) is 0 Å². The molecule has 1 unspecified atom stereocenters. The molecule has 1 atom stereocenters. The average Bonchev–Trinajstić information content (AvgIpc) is 2.82. The molecule has 76 valence electrons. The van der Waals surface area contributed by atoms with Crippen LogP contribution in [0.25, 0.3) is 0 Å². The highest BCUT2D eigenvalue weighted by atomic mass is 32.1. The van der Waals surface area contributed by atoms with E-state index in [1.807, 2.05) is 17.6 Å². The van der Waals surface area contributed by atoms with Crippen LogP contribution in [0.4, 0.5) is 11.4 Å². The lowest BCUT2D eigenvalue weighted by atomic mass is 10.1. The summed E-state index contributed by atoms with van der Waals surface area (Å²) in [6, 6.07) is 8.53. The molecule has 0 bridgehead atoms. The Balaban J connectivity index is 1.89. The van der Waals surface area contributed by atoms with Crippen LogP contribution in [0.1, 0.15) is 11.7 Å². The third-order valence-electron chi connectivity index (χ3n) is 2.56. The zero-order valence-electron chi connectivity index (χ0n) is 8.10. The number of hydrogen-bond acceptors (Lipinski definition) is 4. The van der Waals surface area contributed by atoms with Gasteiger partial charge in [0.15, 0.2) is 0 Å². The summed E-state index contributed by atoms with van der Waals surface area (Å²) in [6.07, 6.45) is 0. The highest BCUT2D eigenvalue weighted by molar-refractivity contribution is 7.07. The minimum absolute atomic E-state index is 0.283. The molecule has 0 amide bonds.